The molecule has 2 aromatic heterocycles. The number of likely N-dealkylation sites (tertiary alicyclic amines) is 1. The van der Waals surface area contributed by atoms with E-state index in [4.69, 9.17) is 9.72 Å². The molecule has 2 saturated heterocycles. The smallest absolute Gasteiger partial charge is 0.239 e. The van der Waals surface area contributed by atoms with Crippen LogP contribution < -0.4 is 0 Å². The van der Waals surface area contributed by atoms with Crippen molar-refractivity contribution in [1.29, 1.82) is 0 Å². The highest BCUT2D eigenvalue weighted by Crippen LogP contribution is 2.30. The van der Waals surface area contributed by atoms with E-state index in [0.29, 0.717) is 13.2 Å². The topological polar surface area (TPSA) is 71.5 Å². The second-order valence-corrected chi connectivity index (χ2v) is 9.22. The quantitative estimate of drug-likeness (QED) is 0.504. The normalized spacial score (nSPS) is 21.1. The van der Waals surface area contributed by atoms with E-state index in [9.17, 15) is 4.79 Å². The van der Waals surface area contributed by atoms with Gasteiger partial charge >= 0.3 is 0 Å². The molecular weight excluding hydrogens is 410 g/mol. The fraction of sp³-hybridized carbons (Fsp3) is 0.565. The molecule has 0 radical (unpaired) electrons. The lowest BCUT2D eigenvalue weighted by molar-refractivity contribution is -0.139. The minimum Gasteiger partial charge on any atom is -0.379 e. The van der Waals surface area contributed by atoms with Crippen LogP contribution in [0.15, 0.2) is 35.7 Å². The molecule has 31 heavy (non-hydrogen) atoms. The van der Waals surface area contributed by atoms with Crippen LogP contribution in [0.3, 0.4) is 0 Å². The fourth-order valence-electron chi connectivity index (χ4n) is 4.33. The summed E-state index contributed by atoms with van der Waals surface area (Å²) in [4.78, 5) is 31.2. The van der Waals surface area contributed by atoms with Crippen molar-refractivity contribution in [2.24, 2.45) is 0 Å². The van der Waals surface area contributed by atoms with E-state index in [-0.39, 0.29) is 17.9 Å². The molecule has 0 aliphatic carbocycles. The molecule has 2 atom stereocenters. The van der Waals surface area contributed by atoms with Crippen molar-refractivity contribution < 1.29 is 9.53 Å². The maximum absolute atomic E-state index is 13.2. The molecule has 2 aliphatic rings. The van der Waals surface area contributed by atoms with Gasteiger partial charge in [-0.3, -0.25) is 14.7 Å². The molecule has 1 amide bonds. The summed E-state index contributed by atoms with van der Waals surface area (Å²) in [7, 11) is 0. The van der Waals surface area contributed by atoms with Gasteiger partial charge in [-0.05, 0) is 44.4 Å². The van der Waals surface area contributed by atoms with Crippen LogP contribution in [0.5, 0.6) is 0 Å². The Balaban J connectivity index is 1.41. The molecule has 0 aromatic carbocycles. The van der Waals surface area contributed by atoms with Crippen molar-refractivity contribution in [3.05, 3.63) is 47.5 Å². The summed E-state index contributed by atoms with van der Waals surface area (Å²) >= 11 is 1.61. The molecule has 166 valence electrons. The number of piperidine rings is 1. The van der Waals surface area contributed by atoms with Crippen molar-refractivity contribution in [3.8, 4) is 0 Å². The summed E-state index contributed by atoms with van der Waals surface area (Å²) in [6.45, 7) is 8.72. The highest BCUT2D eigenvalue weighted by atomic mass is 32.2. The third kappa shape index (κ3) is 5.61. The largest absolute Gasteiger partial charge is 0.379 e. The van der Waals surface area contributed by atoms with Crippen LogP contribution in [0.1, 0.15) is 42.6 Å². The number of ether oxygens (including phenoxy) is 1. The number of hydrogen-bond donors (Lipinski definition) is 0. The number of carbonyl (C=O) groups excluding carboxylic acids is 1. The minimum atomic E-state index is -0.0985. The van der Waals surface area contributed by atoms with Crippen LogP contribution in [-0.2, 0) is 15.3 Å². The van der Waals surface area contributed by atoms with Gasteiger partial charge in [0.15, 0.2) is 5.16 Å². The van der Waals surface area contributed by atoms with Crippen molar-refractivity contribution in [2.75, 3.05) is 39.4 Å². The molecule has 0 bridgehead atoms. The maximum Gasteiger partial charge on any atom is 0.239 e. The predicted octanol–water partition coefficient (Wildman–Crippen LogP) is 2.90. The molecule has 0 saturated carbocycles. The summed E-state index contributed by atoms with van der Waals surface area (Å²) in [5.41, 5.74) is 3.20. The van der Waals surface area contributed by atoms with Gasteiger partial charge in [-0.1, -0.05) is 17.8 Å². The van der Waals surface area contributed by atoms with Crippen LogP contribution >= 0.6 is 11.8 Å². The monoisotopic (exact) mass is 441 g/mol. The Bertz CT molecular complexity index is 876. The Kier molecular flexibility index (Phi) is 7.53. The molecular formula is C23H31N5O2S. The van der Waals surface area contributed by atoms with Gasteiger partial charge in [0.2, 0.25) is 5.91 Å². The lowest BCUT2D eigenvalue weighted by Gasteiger charge is -2.38. The number of carbonyl (C=O) groups is 1. The van der Waals surface area contributed by atoms with Crippen LogP contribution in [0, 0.1) is 6.92 Å². The average Bonchev–Trinajstić information content (AvgIpc) is 2.84. The highest BCUT2D eigenvalue weighted by molar-refractivity contribution is 7.98. The molecule has 4 heterocycles. The first-order valence-electron chi connectivity index (χ1n) is 11.1. The Hall–Kier alpha value is -2.03. The van der Waals surface area contributed by atoms with Gasteiger partial charge in [0.05, 0.1) is 30.6 Å². The zero-order valence-electron chi connectivity index (χ0n) is 18.4. The van der Waals surface area contributed by atoms with E-state index in [2.05, 4.69) is 21.8 Å². The SMILES string of the molecule is Cc1cnc(SCc2ccccn2)nc1[C@@H]1CCCN(C(=O)[C@@H](C)N2CCOCC2)C1. The van der Waals surface area contributed by atoms with Gasteiger partial charge in [0.1, 0.15) is 0 Å². The maximum atomic E-state index is 13.2. The summed E-state index contributed by atoms with van der Waals surface area (Å²) in [5, 5.41) is 0.774. The number of aryl methyl sites for hydroxylation is 1. The molecule has 2 aromatic rings. The van der Waals surface area contributed by atoms with E-state index in [1.165, 1.54) is 0 Å². The summed E-state index contributed by atoms with van der Waals surface area (Å²) in [6.07, 6.45) is 5.78. The van der Waals surface area contributed by atoms with Gasteiger partial charge in [-0.25, -0.2) is 9.97 Å². The van der Waals surface area contributed by atoms with Crippen molar-refractivity contribution in [1.82, 2.24) is 24.8 Å². The lowest BCUT2D eigenvalue weighted by Crippen LogP contribution is -2.52. The van der Waals surface area contributed by atoms with E-state index >= 15 is 0 Å². The van der Waals surface area contributed by atoms with E-state index in [1.54, 1.807) is 11.8 Å². The highest BCUT2D eigenvalue weighted by Gasteiger charge is 2.32. The molecule has 0 unspecified atom stereocenters. The third-order valence-corrected chi connectivity index (χ3v) is 7.03. The number of aromatic nitrogens is 3. The van der Waals surface area contributed by atoms with E-state index in [1.807, 2.05) is 42.4 Å². The zero-order chi connectivity index (χ0) is 21.6. The molecule has 8 heteroatoms. The standard InChI is InChI=1S/C23H31N5O2S/c1-17-14-25-23(31-16-20-7-3-4-8-24-20)26-21(17)19-6-5-9-28(15-19)22(29)18(2)27-10-12-30-13-11-27/h3-4,7-8,14,18-19H,5-6,9-13,15-16H2,1-2H3/t18-,19-/m1/s1. The molecule has 0 N–H and O–H groups in total. The van der Waals surface area contributed by atoms with Crippen molar-refractivity contribution in [3.63, 3.8) is 0 Å². The fourth-order valence-corrected chi connectivity index (χ4v) is 5.07. The minimum absolute atomic E-state index is 0.0985. The number of amides is 1. The summed E-state index contributed by atoms with van der Waals surface area (Å²) in [5.74, 6) is 1.23. The second-order valence-electron chi connectivity index (χ2n) is 8.28. The number of pyridine rings is 1. The van der Waals surface area contributed by atoms with Crippen LogP contribution in [0.2, 0.25) is 0 Å². The van der Waals surface area contributed by atoms with Crippen molar-refractivity contribution in [2.45, 2.75) is 49.6 Å². The first kappa shape index (κ1) is 22.2. The number of hydrogen-bond acceptors (Lipinski definition) is 7. The Morgan fingerprint density at radius 1 is 1.26 bits per heavy atom. The Labute approximate surface area is 188 Å². The van der Waals surface area contributed by atoms with Crippen LogP contribution in [0.25, 0.3) is 0 Å². The molecule has 0 spiro atoms. The summed E-state index contributed by atoms with van der Waals surface area (Å²) < 4.78 is 5.44. The zero-order valence-corrected chi connectivity index (χ0v) is 19.2. The Morgan fingerprint density at radius 2 is 2.10 bits per heavy atom. The van der Waals surface area contributed by atoms with E-state index < -0.39 is 0 Å². The second kappa shape index (κ2) is 10.5. The number of thioether (sulfide) groups is 1. The summed E-state index contributed by atoms with van der Waals surface area (Å²) in [6, 6.07) is 5.83. The van der Waals surface area contributed by atoms with Gasteiger partial charge < -0.3 is 9.64 Å². The first-order valence-corrected chi connectivity index (χ1v) is 12.1. The molecule has 4 rings (SSSR count). The predicted molar refractivity (Wildman–Crippen MR) is 121 cm³/mol. The number of rotatable bonds is 6. The molecule has 2 aliphatic heterocycles. The van der Waals surface area contributed by atoms with Gasteiger partial charge in [0, 0.05) is 50.2 Å². The van der Waals surface area contributed by atoms with Crippen LogP contribution in [0.4, 0.5) is 0 Å². The lowest BCUT2D eigenvalue weighted by atomic mass is 9.92. The Morgan fingerprint density at radius 3 is 2.87 bits per heavy atom. The number of morpholine rings is 1. The van der Waals surface area contributed by atoms with Gasteiger partial charge in [-0.15, -0.1) is 0 Å². The number of nitrogens with zero attached hydrogens (tertiary/aromatic N) is 5. The molecule has 7 nitrogen and oxygen atoms in total. The van der Waals surface area contributed by atoms with Gasteiger partial charge in [0.25, 0.3) is 0 Å². The molecule has 2 fully saturated rings. The average molecular weight is 442 g/mol. The first-order chi connectivity index (χ1) is 15.1. The van der Waals surface area contributed by atoms with E-state index in [0.717, 1.165) is 66.9 Å². The third-order valence-electron chi connectivity index (χ3n) is 6.13. The van der Waals surface area contributed by atoms with Crippen molar-refractivity contribution >= 4 is 17.7 Å². The van der Waals surface area contributed by atoms with Gasteiger partial charge in [-0.2, -0.15) is 0 Å². The van der Waals surface area contributed by atoms with Crippen LogP contribution in [-0.4, -0.2) is 76.1 Å².